The molecule has 1 saturated heterocycles. The van der Waals surface area contributed by atoms with E-state index in [1.165, 1.54) is 24.2 Å². The van der Waals surface area contributed by atoms with Crippen molar-refractivity contribution in [1.29, 1.82) is 0 Å². The van der Waals surface area contributed by atoms with E-state index in [0.717, 1.165) is 36.8 Å². The highest BCUT2D eigenvalue weighted by molar-refractivity contribution is 7.13. The predicted octanol–water partition coefficient (Wildman–Crippen LogP) is 4.94. The van der Waals surface area contributed by atoms with Crippen LogP contribution in [0.3, 0.4) is 0 Å². The van der Waals surface area contributed by atoms with Crippen LogP contribution in [-0.2, 0) is 6.54 Å². The Bertz CT molecular complexity index is 953. The molecule has 4 rings (SSSR count). The van der Waals surface area contributed by atoms with Gasteiger partial charge in [-0.15, -0.1) is 11.3 Å². The number of hydrogen-bond donors (Lipinski definition) is 1. The molecule has 6 nitrogen and oxygen atoms in total. The van der Waals surface area contributed by atoms with E-state index < -0.39 is 0 Å². The fourth-order valence-electron chi connectivity index (χ4n) is 3.39. The number of anilines is 1. The van der Waals surface area contributed by atoms with Crippen molar-refractivity contribution < 1.29 is 9.32 Å². The molecule has 3 aromatic rings. The van der Waals surface area contributed by atoms with E-state index in [1.54, 1.807) is 18.2 Å². The molecule has 1 aromatic carbocycles. The zero-order chi connectivity index (χ0) is 19.5. The minimum absolute atomic E-state index is 0.214. The van der Waals surface area contributed by atoms with Crippen LogP contribution in [0.5, 0.6) is 0 Å². The standard InChI is InChI=1S/C20H21ClN4O2S/c1-13-3-2-8-25(10-13)11-16-12-28-20(22-16)23-19(26)17-9-18(27-24-17)14-4-6-15(21)7-5-14/h4-7,9,12-13H,2-3,8,10-11H2,1H3,(H,22,23,26). The minimum atomic E-state index is -0.337. The molecule has 0 bridgehead atoms. The monoisotopic (exact) mass is 416 g/mol. The number of halogens is 1. The molecule has 0 aliphatic carbocycles. The number of nitrogens with zero attached hydrogens (tertiary/aromatic N) is 3. The van der Waals surface area contributed by atoms with Gasteiger partial charge >= 0.3 is 0 Å². The topological polar surface area (TPSA) is 71.3 Å². The van der Waals surface area contributed by atoms with Gasteiger partial charge in [0.25, 0.3) is 5.91 Å². The van der Waals surface area contributed by atoms with Gasteiger partial charge in [0, 0.05) is 35.1 Å². The molecular weight excluding hydrogens is 396 g/mol. The van der Waals surface area contributed by atoms with E-state index in [0.29, 0.717) is 15.9 Å². The molecule has 0 radical (unpaired) electrons. The van der Waals surface area contributed by atoms with Crippen LogP contribution in [0.4, 0.5) is 5.13 Å². The van der Waals surface area contributed by atoms with Crippen LogP contribution in [0.25, 0.3) is 11.3 Å². The van der Waals surface area contributed by atoms with E-state index >= 15 is 0 Å². The maximum absolute atomic E-state index is 12.5. The molecule has 1 unspecified atom stereocenters. The van der Waals surface area contributed by atoms with Crippen LogP contribution < -0.4 is 5.32 Å². The van der Waals surface area contributed by atoms with Crippen molar-refractivity contribution >= 4 is 34.0 Å². The van der Waals surface area contributed by atoms with Crippen molar-refractivity contribution in [2.24, 2.45) is 5.92 Å². The molecule has 0 spiro atoms. The second-order valence-corrected chi connectivity index (χ2v) is 8.46. The Labute approximate surface area is 172 Å². The zero-order valence-corrected chi connectivity index (χ0v) is 17.1. The molecule has 0 saturated carbocycles. The van der Waals surface area contributed by atoms with Gasteiger partial charge in [0.1, 0.15) is 0 Å². The van der Waals surface area contributed by atoms with Gasteiger partial charge in [-0.2, -0.15) is 0 Å². The summed E-state index contributed by atoms with van der Waals surface area (Å²) in [5.74, 6) is 0.908. The first-order valence-corrected chi connectivity index (χ1v) is 10.5. The SMILES string of the molecule is CC1CCCN(Cc2csc(NC(=O)c3cc(-c4ccc(Cl)cc4)on3)n2)C1. The largest absolute Gasteiger partial charge is 0.355 e. The number of carbonyl (C=O) groups excluding carboxylic acids is 1. The lowest BCUT2D eigenvalue weighted by Gasteiger charge is -2.30. The summed E-state index contributed by atoms with van der Waals surface area (Å²) in [7, 11) is 0. The number of thiazole rings is 1. The molecule has 1 aliphatic rings. The van der Waals surface area contributed by atoms with Crippen molar-refractivity contribution in [1.82, 2.24) is 15.0 Å². The summed E-state index contributed by atoms with van der Waals surface area (Å²) in [6, 6.07) is 8.78. The normalized spacial score (nSPS) is 17.6. The van der Waals surface area contributed by atoms with Gasteiger partial charge in [0.15, 0.2) is 16.6 Å². The molecule has 1 aliphatic heterocycles. The maximum Gasteiger partial charge on any atom is 0.279 e. The first-order valence-electron chi connectivity index (χ1n) is 9.27. The van der Waals surface area contributed by atoms with E-state index in [-0.39, 0.29) is 11.6 Å². The molecule has 3 heterocycles. The Morgan fingerprint density at radius 3 is 3.00 bits per heavy atom. The van der Waals surface area contributed by atoms with E-state index in [1.807, 2.05) is 17.5 Å². The van der Waals surface area contributed by atoms with E-state index in [2.05, 4.69) is 27.3 Å². The molecule has 28 heavy (non-hydrogen) atoms. The van der Waals surface area contributed by atoms with Crippen LogP contribution >= 0.6 is 22.9 Å². The fourth-order valence-corrected chi connectivity index (χ4v) is 4.21. The van der Waals surface area contributed by atoms with Crippen molar-refractivity contribution in [2.45, 2.75) is 26.3 Å². The minimum Gasteiger partial charge on any atom is -0.355 e. The van der Waals surface area contributed by atoms with Crippen LogP contribution in [-0.4, -0.2) is 34.0 Å². The third-order valence-electron chi connectivity index (χ3n) is 4.77. The Morgan fingerprint density at radius 2 is 2.21 bits per heavy atom. The van der Waals surface area contributed by atoms with Crippen molar-refractivity contribution in [2.75, 3.05) is 18.4 Å². The molecule has 2 aromatic heterocycles. The third kappa shape index (κ3) is 4.60. The molecule has 146 valence electrons. The van der Waals surface area contributed by atoms with Crippen LogP contribution in [0.2, 0.25) is 5.02 Å². The summed E-state index contributed by atoms with van der Waals surface area (Å²) < 4.78 is 5.29. The van der Waals surface area contributed by atoms with Crippen molar-refractivity contribution in [3.05, 3.63) is 52.1 Å². The smallest absolute Gasteiger partial charge is 0.279 e. The van der Waals surface area contributed by atoms with E-state index in [4.69, 9.17) is 16.1 Å². The lowest BCUT2D eigenvalue weighted by Crippen LogP contribution is -2.33. The van der Waals surface area contributed by atoms with Crippen molar-refractivity contribution in [3.63, 3.8) is 0 Å². The lowest BCUT2D eigenvalue weighted by molar-refractivity contribution is 0.101. The Kier molecular flexibility index (Phi) is 5.75. The molecular formula is C20H21ClN4O2S. The Morgan fingerprint density at radius 1 is 1.39 bits per heavy atom. The molecule has 1 atom stereocenters. The average Bonchev–Trinajstić information content (AvgIpc) is 3.32. The summed E-state index contributed by atoms with van der Waals surface area (Å²) >= 11 is 7.32. The van der Waals surface area contributed by atoms with Crippen LogP contribution in [0, 0.1) is 5.92 Å². The number of nitrogens with one attached hydrogen (secondary N) is 1. The van der Waals surface area contributed by atoms with Gasteiger partial charge in [-0.3, -0.25) is 15.0 Å². The second kappa shape index (κ2) is 8.43. The zero-order valence-electron chi connectivity index (χ0n) is 15.5. The van der Waals surface area contributed by atoms with Gasteiger partial charge < -0.3 is 4.52 Å². The molecule has 1 N–H and O–H groups in total. The van der Waals surface area contributed by atoms with Gasteiger partial charge in [-0.1, -0.05) is 23.7 Å². The number of carbonyl (C=O) groups is 1. The molecule has 1 fully saturated rings. The number of piperidine rings is 1. The summed E-state index contributed by atoms with van der Waals surface area (Å²) in [4.78, 5) is 19.4. The predicted molar refractivity (Wildman–Crippen MR) is 111 cm³/mol. The number of aromatic nitrogens is 2. The average molecular weight is 417 g/mol. The maximum atomic E-state index is 12.5. The van der Waals surface area contributed by atoms with Crippen LogP contribution in [0.1, 0.15) is 35.9 Å². The molecule has 8 heteroatoms. The third-order valence-corrected chi connectivity index (χ3v) is 5.83. The van der Waals surface area contributed by atoms with Gasteiger partial charge in [-0.25, -0.2) is 4.98 Å². The first kappa shape index (κ1) is 19.1. The highest BCUT2D eigenvalue weighted by Gasteiger charge is 2.19. The fraction of sp³-hybridized carbons (Fsp3) is 0.350. The van der Waals surface area contributed by atoms with Gasteiger partial charge in [0.2, 0.25) is 0 Å². The number of hydrogen-bond acceptors (Lipinski definition) is 6. The van der Waals surface area contributed by atoms with Gasteiger partial charge in [0.05, 0.1) is 5.69 Å². The lowest BCUT2D eigenvalue weighted by atomic mass is 10.0. The number of likely N-dealkylation sites (tertiary alicyclic amines) is 1. The highest BCUT2D eigenvalue weighted by Crippen LogP contribution is 2.24. The number of amides is 1. The summed E-state index contributed by atoms with van der Waals surface area (Å²) in [5, 5.41) is 9.88. The molecule has 1 amide bonds. The number of rotatable bonds is 5. The van der Waals surface area contributed by atoms with Gasteiger partial charge in [-0.05, 0) is 49.6 Å². The van der Waals surface area contributed by atoms with E-state index in [9.17, 15) is 4.79 Å². The number of benzene rings is 1. The van der Waals surface area contributed by atoms with Crippen molar-refractivity contribution in [3.8, 4) is 11.3 Å². The first-order chi connectivity index (χ1) is 13.6. The van der Waals surface area contributed by atoms with Crippen LogP contribution in [0.15, 0.2) is 40.2 Å². The second-order valence-electron chi connectivity index (χ2n) is 7.16. The summed E-state index contributed by atoms with van der Waals surface area (Å²) in [6.45, 7) is 5.32. The summed E-state index contributed by atoms with van der Waals surface area (Å²) in [5.41, 5.74) is 2.01. The quantitative estimate of drug-likeness (QED) is 0.638. The Balaban J connectivity index is 1.37. The summed E-state index contributed by atoms with van der Waals surface area (Å²) in [6.07, 6.45) is 2.53. The Hall–Kier alpha value is -2.22. The highest BCUT2D eigenvalue weighted by atomic mass is 35.5.